The molecule has 0 aliphatic rings. The van der Waals surface area contributed by atoms with Crippen molar-refractivity contribution in [3.63, 3.8) is 0 Å². The molecule has 1 aromatic rings. The summed E-state index contributed by atoms with van der Waals surface area (Å²) in [5, 5.41) is 10.1. The Hall–Kier alpha value is -1.63. The van der Waals surface area contributed by atoms with Gasteiger partial charge >= 0.3 is 0 Å². The van der Waals surface area contributed by atoms with E-state index in [-0.39, 0.29) is 5.95 Å². The molecule has 1 N–H and O–H groups in total. The summed E-state index contributed by atoms with van der Waals surface area (Å²) in [6.07, 6.45) is 0. The second kappa shape index (κ2) is 4.26. The molecule has 0 aliphatic carbocycles. The molecule has 0 saturated carbocycles. The largest absolute Gasteiger partial charge is 0.347 e. The minimum atomic E-state index is 0.220. The summed E-state index contributed by atoms with van der Waals surface area (Å²) in [4.78, 5) is 15.8. The van der Waals surface area contributed by atoms with Crippen LogP contribution in [0.25, 0.3) is 0 Å². The van der Waals surface area contributed by atoms with Gasteiger partial charge in [0.15, 0.2) is 0 Å². The van der Waals surface area contributed by atoms with Crippen LogP contribution in [-0.2, 0) is 0 Å². The predicted octanol–water partition coefficient (Wildman–Crippen LogP) is -0.171. The zero-order valence-corrected chi connectivity index (χ0v) is 9.63. The van der Waals surface area contributed by atoms with Crippen LogP contribution in [0.1, 0.15) is 0 Å². The Labute approximate surface area is 88.9 Å². The first-order valence-electron chi connectivity index (χ1n) is 4.45. The third-order valence-corrected chi connectivity index (χ3v) is 1.69. The number of hydroxylamine groups is 1. The Balaban J connectivity index is 3.20. The number of nitrogens with zero attached hydrogens (tertiary/aromatic N) is 6. The molecule has 0 atom stereocenters. The van der Waals surface area contributed by atoms with Gasteiger partial charge in [0.25, 0.3) is 5.95 Å². The highest BCUT2D eigenvalue weighted by Gasteiger charge is 2.11. The first-order valence-corrected chi connectivity index (χ1v) is 4.45. The Kier molecular flexibility index (Phi) is 3.25. The number of hydrogen-bond donors (Lipinski definition) is 1. The quantitative estimate of drug-likeness (QED) is 0.697. The van der Waals surface area contributed by atoms with Crippen LogP contribution >= 0.6 is 0 Å². The summed E-state index contributed by atoms with van der Waals surface area (Å²) in [6.45, 7) is 0. The van der Waals surface area contributed by atoms with Crippen molar-refractivity contribution >= 4 is 17.8 Å². The standard InChI is InChI=1S/C8H16N6O/c1-12(2)6-9-7(13(3)4)11-8(10-6)14(5)15/h15H,1-5H3. The van der Waals surface area contributed by atoms with Crippen LogP contribution in [0.3, 0.4) is 0 Å². The molecule has 15 heavy (non-hydrogen) atoms. The van der Waals surface area contributed by atoms with E-state index in [4.69, 9.17) is 0 Å². The van der Waals surface area contributed by atoms with E-state index in [2.05, 4.69) is 15.0 Å². The topological polar surface area (TPSA) is 68.6 Å². The molecule has 1 heterocycles. The maximum Gasteiger partial charge on any atom is 0.255 e. The van der Waals surface area contributed by atoms with E-state index in [0.29, 0.717) is 11.9 Å². The van der Waals surface area contributed by atoms with E-state index in [1.165, 1.54) is 7.05 Å². The number of rotatable bonds is 3. The zero-order chi connectivity index (χ0) is 11.6. The highest BCUT2D eigenvalue weighted by atomic mass is 16.5. The van der Waals surface area contributed by atoms with Gasteiger partial charge in [0, 0.05) is 35.2 Å². The van der Waals surface area contributed by atoms with Crippen molar-refractivity contribution in [2.75, 3.05) is 50.1 Å². The summed E-state index contributed by atoms with van der Waals surface area (Å²) >= 11 is 0. The Morgan fingerprint density at radius 1 is 0.733 bits per heavy atom. The smallest absolute Gasteiger partial charge is 0.255 e. The molecule has 1 aromatic heterocycles. The van der Waals surface area contributed by atoms with Crippen LogP contribution < -0.4 is 14.9 Å². The van der Waals surface area contributed by atoms with Gasteiger partial charge in [-0.15, -0.1) is 0 Å². The SMILES string of the molecule is CN(C)c1nc(N(C)C)nc(N(C)O)n1. The van der Waals surface area contributed by atoms with E-state index in [0.717, 1.165) is 5.06 Å². The van der Waals surface area contributed by atoms with E-state index in [1.807, 2.05) is 28.2 Å². The average Bonchev–Trinajstić information content (AvgIpc) is 2.16. The van der Waals surface area contributed by atoms with Crippen LogP contribution in [0.4, 0.5) is 17.8 Å². The molecule has 0 radical (unpaired) electrons. The summed E-state index contributed by atoms with van der Waals surface area (Å²) in [5.41, 5.74) is 0. The monoisotopic (exact) mass is 212 g/mol. The fraction of sp³-hybridized carbons (Fsp3) is 0.625. The molecule has 0 saturated heterocycles. The average molecular weight is 212 g/mol. The molecule has 7 heteroatoms. The number of anilines is 3. The Bertz CT molecular complexity index is 273. The van der Waals surface area contributed by atoms with E-state index in [9.17, 15) is 5.21 Å². The number of hydrogen-bond acceptors (Lipinski definition) is 7. The fourth-order valence-electron chi connectivity index (χ4n) is 0.888. The minimum Gasteiger partial charge on any atom is -0.347 e. The summed E-state index contributed by atoms with van der Waals surface area (Å²) < 4.78 is 0. The van der Waals surface area contributed by atoms with E-state index < -0.39 is 0 Å². The molecule has 0 bridgehead atoms. The molecule has 0 unspecified atom stereocenters. The van der Waals surface area contributed by atoms with Crippen LogP contribution in [0, 0.1) is 0 Å². The summed E-state index contributed by atoms with van der Waals surface area (Å²) in [6, 6.07) is 0. The van der Waals surface area contributed by atoms with Gasteiger partial charge in [0.1, 0.15) is 0 Å². The van der Waals surface area contributed by atoms with Gasteiger partial charge in [0.2, 0.25) is 11.9 Å². The third-order valence-electron chi connectivity index (χ3n) is 1.69. The Morgan fingerprint density at radius 2 is 1.07 bits per heavy atom. The summed E-state index contributed by atoms with van der Waals surface area (Å²) in [7, 11) is 8.78. The first kappa shape index (κ1) is 11.4. The lowest BCUT2D eigenvalue weighted by Gasteiger charge is -2.17. The molecule has 0 amide bonds. The van der Waals surface area contributed by atoms with Gasteiger partial charge < -0.3 is 9.80 Å². The first-order chi connectivity index (χ1) is 6.91. The van der Waals surface area contributed by atoms with E-state index >= 15 is 0 Å². The van der Waals surface area contributed by atoms with Crippen LogP contribution in [0.15, 0.2) is 0 Å². The highest BCUT2D eigenvalue weighted by molar-refractivity contribution is 5.43. The lowest BCUT2D eigenvalue weighted by Crippen LogP contribution is -2.22. The van der Waals surface area contributed by atoms with Crippen molar-refractivity contribution in [3.05, 3.63) is 0 Å². The predicted molar refractivity (Wildman–Crippen MR) is 58.7 cm³/mol. The zero-order valence-electron chi connectivity index (χ0n) is 9.63. The van der Waals surface area contributed by atoms with Crippen molar-refractivity contribution < 1.29 is 5.21 Å². The second-order valence-corrected chi connectivity index (χ2v) is 3.55. The second-order valence-electron chi connectivity index (χ2n) is 3.55. The maximum absolute atomic E-state index is 9.28. The molecule has 0 aliphatic heterocycles. The van der Waals surface area contributed by atoms with E-state index in [1.54, 1.807) is 9.80 Å². The molecule has 7 nitrogen and oxygen atoms in total. The van der Waals surface area contributed by atoms with Gasteiger partial charge in [-0.2, -0.15) is 15.0 Å². The third kappa shape index (κ3) is 2.66. The lowest BCUT2D eigenvalue weighted by atomic mass is 10.7. The highest BCUT2D eigenvalue weighted by Crippen LogP contribution is 2.14. The molecular weight excluding hydrogens is 196 g/mol. The van der Waals surface area contributed by atoms with Crippen molar-refractivity contribution in [3.8, 4) is 0 Å². The fourth-order valence-corrected chi connectivity index (χ4v) is 0.888. The maximum atomic E-state index is 9.28. The minimum absolute atomic E-state index is 0.220. The van der Waals surface area contributed by atoms with Crippen molar-refractivity contribution in [2.24, 2.45) is 0 Å². The van der Waals surface area contributed by atoms with Crippen molar-refractivity contribution in [1.82, 2.24) is 15.0 Å². The normalized spacial score (nSPS) is 10.0. The van der Waals surface area contributed by atoms with Gasteiger partial charge in [-0.3, -0.25) is 5.21 Å². The molecule has 84 valence electrons. The Morgan fingerprint density at radius 3 is 1.33 bits per heavy atom. The van der Waals surface area contributed by atoms with Crippen LogP contribution in [-0.4, -0.2) is 55.4 Å². The van der Waals surface area contributed by atoms with Crippen LogP contribution in [0.2, 0.25) is 0 Å². The summed E-state index contributed by atoms with van der Waals surface area (Å²) in [5.74, 6) is 1.23. The van der Waals surface area contributed by atoms with Gasteiger partial charge in [-0.25, -0.2) is 5.06 Å². The van der Waals surface area contributed by atoms with Crippen molar-refractivity contribution in [2.45, 2.75) is 0 Å². The number of aromatic nitrogens is 3. The molecule has 0 aromatic carbocycles. The van der Waals surface area contributed by atoms with Crippen LogP contribution in [0.5, 0.6) is 0 Å². The molecule has 0 fully saturated rings. The lowest BCUT2D eigenvalue weighted by molar-refractivity contribution is 0.272. The van der Waals surface area contributed by atoms with Gasteiger partial charge in [-0.1, -0.05) is 0 Å². The van der Waals surface area contributed by atoms with Crippen molar-refractivity contribution in [1.29, 1.82) is 0 Å². The molecule has 1 rings (SSSR count). The molecular formula is C8H16N6O. The molecule has 0 spiro atoms. The van der Waals surface area contributed by atoms with Gasteiger partial charge in [0.05, 0.1) is 0 Å². The van der Waals surface area contributed by atoms with Gasteiger partial charge in [-0.05, 0) is 0 Å².